The van der Waals surface area contributed by atoms with Crippen molar-refractivity contribution in [3.8, 4) is 17.2 Å². The maximum absolute atomic E-state index is 6.34. The van der Waals surface area contributed by atoms with Gasteiger partial charge in [0.1, 0.15) is 24.5 Å². The molecule has 0 bridgehead atoms. The van der Waals surface area contributed by atoms with Crippen molar-refractivity contribution in [2.24, 2.45) is 0 Å². The Bertz CT molecular complexity index is 1040. The summed E-state index contributed by atoms with van der Waals surface area (Å²) in [5.74, 6) is 2.56. The maximum Gasteiger partial charge on any atom is 0.163 e. The van der Waals surface area contributed by atoms with Crippen LogP contribution in [0.5, 0.6) is 17.2 Å². The fourth-order valence-electron chi connectivity index (χ4n) is 3.40. The highest BCUT2D eigenvalue weighted by Crippen LogP contribution is 2.36. The molecule has 3 aromatic rings. The van der Waals surface area contributed by atoms with Gasteiger partial charge in [-0.3, -0.25) is 4.90 Å². The van der Waals surface area contributed by atoms with Crippen LogP contribution in [0.15, 0.2) is 36.7 Å². The number of benzene rings is 2. The van der Waals surface area contributed by atoms with Crippen molar-refractivity contribution >= 4 is 34.0 Å². The topological polar surface area (TPSA) is 78.0 Å². The first-order valence-corrected chi connectivity index (χ1v) is 10.4. The molecule has 0 atom stereocenters. The van der Waals surface area contributed by atoms with Crippen molar-refractivity contribution in [2.75, 3.05) is 59.0 Å². The summed E-state index contributed by atoms with van der Waals surface area (Å²) >= 11 is 6.34. The molecular weight excluding hydrogens is 420 g/mol. The van der Waals surface area contributed by atoms with Crippen molar-refractivity contribution in [1.29, 1.82) is 0 Å². The molecule has 1 aromatic heterocycles. The van der Waals surface area contributed by atoms with E-state index in [-0.39, 0.29) is 0 Å². The van der Waals surface area contributed by atoms with Crippen LogP contribution in [0.25, 0.3) is 10.9 Å². The third-order valence-corrected chi connectivity index (χ3v) is 5.45. The van der Waals surface area contributed by atoms with Crippen LogP contribution in [0.1, 0.15) is 0 Å². The van der Waals surface area contributed by atoms with Gasteiger partial charge < -0.3 is 24.3 Å². The summed E-state index contributed by atoms with van der Waals surface area (Å²) in [5, 5.41) is 4.62. The molecule has 4 rings (SSSR count). The molecular formula is C22H25ClN4O4. The van der Waals surface area contributed by atoms with E-state index in [9.17, 15) is 0 Å². The monoisotopic (exact) mass is 444 g/mol. The minimum atomic E-state index is 0.553. The standard InChI is InChI=1S/C22H25ClN4O4/c1-28-15-3-4-17(23)19(11-15)26-22-16-12-20(29-2)21(13-18(16)24-14-25-22)31-10-7-27-5-8-30-9-6-27/h3-4,11-14H,5-10H2,1-2H3,(H,24,25,26). The number of rotatable bonds is 8. The number of nitrogens with one attached hydrogen (secondary N) is 1. The highest BCUT2D eigenvalue weighted by atomic mass is 35.5. The average molecular weight is 445 g/mol. The molecule has 1 N–H and O–H groups in total. The first-order valence-electron chi connectivity index (χ1n) is 10.0. The van der Waals surface area contributed by atoms with E-state index in [2.05, 4.69) is 20.2 Å². The van der Waals surface area contributed by atoms with Gasteiger partial charge in [0.15, 0.2) is 11.5 Å². The Morgan fingerprint density at radius 3 is 2.68 bits per heavy atom. The zero-order valence-corrected chi connectivity index (χ0v) is 18.3. The summed E-state index contributed by atoms with van der Waals surface area (Å²) in [6.45, 7) is 4.76. The predicted octanol–water partition coefficient (Wildman–Crippen LogP) is 3.76. The second-order valence-electron chi connectivity index (χ2n) is 7.02. The maximum atomic E-state index is 6.34. The van der Waals surface area contributed by atoms with Gasteiger partial charge in [-0.1, -0.05) is 11.6 Å². The molecule has 9 heteroatoms. The molecule has 0 amide bonds. The molecule has 2 heterocycles. The van der Waals surface area contributed by atoms with E-state index < -0.39 is 0 Å². The average Bonchev–Trinajstić information content (AvgIpc) is 2.81. The van der Waals surface area contributed by atoms with Gasteiger partial charge in [-0.2, -0.15) is 0 Å². The van der Waals surface area contributed by atoms with E-state index in [4.69, 9.17) is 30.5 Å². The largest absolute Gasteiger partial charge is 0.497 e. The van der Waals surface area contributed by atoms with Gasteiger partial charge in [0.2, 0.25) is 0 Å². The van der Waals surface area contributed by atoms with Crippen LogP contribution in [0.4, 0.5) is 11.5 Å². The molecule has 2 aromatic carbocycles. The number of morpholine rings is 1. The second kappa shape index (κ2) is 10.00. The molecule has 0 radical (unpaired) electrons. The van der Waals surface area contributed by atoms with Crippen LogP contribution < -0.4 is 19.5 Å². The minimum absolute atomic E-state index is 0.553. The summed E-state index contributed by atoms with van der Waals surface area (Å²) < 4.78 is 22.3. The van der Waals surface area contributed by atoms with Crippen LogP contribution >= 0.6 is 11.6 Å². The summed E-state index contributed by atoms with van der Waals surface area (Å²) in [4.78, 5) is 11.1. The highest BCUT2D eigenvalue weighted by Gasteiger charge is 2.14. The smallest absolute Gasteiger partial charge is 0.163 e. The van der Waals surface area contributed by atoms with E-state index in [0.29, 0.717) is 40.4 Å². The zero-order valence-electron chi connectivity index (χ0n) is 17.6. The number of fused-ring (bicyclic) bond motifs is 1. The Labute approximate surface area is 186 Å². The first kappa shape index (κ1) is 21.4. The van der Waals surface area contributed by atoms with Gasteiger partial charge in [0, 0.05) is 37.2 Å². The molecule has 0 aliphatic carbocycles. The summed E-state index contributed by atoms with van der Waals surface area (Å²) in [6.07, 6.45) is 1.50. The molecule has 31 heavy (non-hydrogen) atoms. The number of halogens is 1. The van der Waals surface area contributed by atoms with Crippen molar-refractivity contribution in [2.45, 2.75) is 0 Å². The van der Waals surface area contributed by atoms with Crippen LogP contribution in [0.2, 0.25) is 5.02 Å². The van der Waals surface area contributed by atoms with Crippen LogP contribution in [-0.4, -0.2) is 68.5 Å². The lowest BCUT2D eigenvalue weighted by Crippen LogP contribution is -2.38. The molecule has 1 aliphatic heterocycles. The predicted molar refractivity (Wildman–Crippen MR) is 120 cm³/mol. The van der Waals surface area contributed by atoms with Gasteiger partial charge in [0.25, 0.3) is 0 Å². The van der Waals surface area contributed by atoms with Crippen molar-refractivity contribution in [1.82, 2.24) is 14.9 Å². The number of hydrogen-bond donors (Lipinski definition) is 1. The van der Waals surface area contributed by atoms with Gasteiger partial charge in [-0.05, 0) is 18.2 Å². The van der Waals surface area contributed by atoms with Gasteiger partial charge >= 0.3 is 0 Å². The SMILES string of the molecule is COc1ccc(Cl)c(Nc2ncnc3cc(OCCN4CCOCC4)c(OC)cc23)c1. The van der Waals surface area contributed by atoms with Crippen LogP contribution in [-0.2, 0) is 4.74 Å². The van der Waals surface area contributed by atoms with E-state index in [0.717, 1.165) is 43.8 Å². The molecule has 0 unspecified atom stereocenters. The molecule has 1 fully saturated rings. The number of hydrogen-bond acceptors (Lipinski definition) is 8. The Balaban J connectivity index is 1.56. The second-order valence-corrected chi connectivity index (χ2v) is 7.42. The van der Waals surface area contributed by atoms with E-state index >= 15 is 0 Å². The Kier molecular flexibility index (Phi) is 6.91. The molecule has 164 valence electrons. The number of methoxy groups -OCH3 is 2. The van der Waals surface area contributed by atoms with E-state index in [1.807, 2.05) is 18.2 Å². The number of nitrogens with zero attached hydrogens (tertiary/aromatic N) is 3. The van der Waals surface area contributed by atoms with Crippen molar-refractivity contribution in [3.05, 3.63) is 41.7 Å². The lowest BCUT2D eigenvalue weighted by Gasteiger charge is -2.26. The summed E-state index contributed by atoms with van der Waals surface area (Å²) in [5.41, 5.74) is 1.42. The molecule has 1 saturated heterocycles. The number of ether oxygens (including phenoxy) is 4. The fourth-order valence-corrected chi connectivity index (χ4v) is 3.56. The van der Waals surface area contributed by atoms with Gasteiger partial charge in [-0.15, -0.1) is 0 Å². The Hall–Kier alpha value is -2.81. The highest BCUT2D eigenvalue weighted by molar-refractivity contribution is 6.33. The lowest BCUT2D eigenvalue weighted by atomic mass is 10.2. The van der Waals surface area contributed by atoms with E-state index in [1.165, 1.54) is 6.33 Å². The van der Waals surface area contributed by atoms with Crippen molar-refractivity contribution < 1.29 is 18.9 Å². The summed E-state index contributed by atoms with van der Waals surface area (Å²) in [7, 11) is 3.23. The normalized spacial score (nSPS) is 14.4. The Morgan fingerprint density at radius 1 is 1.06 bits per heavy atom. The van der Waals surface area contributed by atoms with Gasteiger partial charge in [-0.25, -0.2) is 9.97 Å². The minimum Gasteiger partial charge on any atom is -0.497 e. The van der Waals surface area contributed by atoms with Crippen LogP contribution in [0.3, 0.4) is 0 Å². The van der Waals surface area contributed by atoms with E-state index in [1.54, 1.807) is 26.4 Å². The third-order valence-electron chi connectivity index (χ3n) is 5.12. The first-order chi connectivity index (χ1) is 15.2. The number of anilines is 2. The molecule has 0 spiro atoms. The van der Waals surface area contributed by atoms with Crippen molar-refractivity contribution in [3.63, 3.8) is 0 Å². The summed E-state index contributed by atoms with van der Waals surface area (Å²) in [6, 6.07) is 9.13. The fraction of sp³-hybridized carbons (Fsp3) is 0.364. The molecule has 8 nitrogen and oxygen atoms in total. The van der Waals surface area contributed by atoms with Gasteiger partial charge in [0.05, 0.1) is 43.7 Å². The third kappa shape index (κ3) is 5.10. The Morgan fingerprint density at radius 2 is 1.90 bits per heavy atom. The molecule has 1 aliphatic rings. The quantitative estimate of drug-likeness (QED) is 0.562. The zero-order chi connectivity index (χ0) is 21.6. The molecule has 0 saturated carbocycles. The lowest BCUT2D eigenvalue weighted by molar-refractivity contribution is 0.0321. The van der Waals surface area contributed by atoms with Crippen LogP contribution in [0, 0.1) is 0 Å². The number of aromatic nitrogens is 2.